The summed E-state index contributed by atoms with van der Waals surface area (Å²) in [6.07, 6.45) is 0. The van der Waals surface area contributed by atoms with Crippen molar-refractivity contribution in [2.75, 3.05) is 0 Å². The number of carbonyl (C=O) groups is 1. The molecule has 4 nitrogen and oxygen atoms in total. The summed E-state index contributed by atoms with van der Waals surface area (Å²) < 4.78 is 0. The van der Waals surface area contributed by atoms with E-state index in [0.29, 0.717) is 0 Å². The van der Waals surface area contributed by atoms with E-state index in [1.807, 2.05) is 0 Å². The third-order valence-corrected chi connectivity index (χ3v) is 0. The second-order valence-electron chi connectivity index (χ2n) is 0.105. The first-order valence-corrected chi connectivity index (χ1v) is 0.494. The van der Waals surface area contributed by atoms with Gasteiger partial charge in [-0.15, -0.1) is 0 Å². The zero-order valence-corrected chi connectivity index (χ0v) is 2.43. The monoisotopic (exact) mass is 106 g/mol. The van der Waals surface area contributed by atoms with Crippen LogP contribution in [0.4, 0.5) is 0 Å². The Bertz CT molecular complexity index is 15.0. The Hall–Kier alpha value is 0.390. The van der Waals surface area contributed by atoms with Gasteiger partial charge in [0.25, 0.3) is 6.47 Å². The van der Waals surface area contributed by atoms with E-state index >= 15 is 0 Å². The van der Waals surface area contributed by atoms with E-state index in [0.717, 1.165) is 0 Å². The minimum atomic E-state index is -0.250. The van der Waals surface area contributed by atoms with Crippen molar-refractivity contribution in [2.24, 2.45) is 0 Å². The summed E-state index contributed by atoms with van der Waals surface area (Å²) in [5.74, 6) is 0. The Morgan fingerprint density at radius 1 is 1.33 bits per heavy atom. The fourth-order valence-electron chi connectivity index (χ4n) is 0. The number of hydrogen-bond donors (Lipinski definition) is 1. The molecule has 0 radical (unpaired) electrons. The van der Waals surface area contributed by atoms with Gasteiger partial charge < -0.3 is 16.1 Å². The Morgan fingerprint density at radius 3 is 1.33 bits per heavy atom. The molecule has 0 aliphatic carbocycles. The Labute approximate surface area is 57.1 Å². The van der Waals surface area contributed by atoms with Crippen LogP contribution in [0.2, 0.25) is 0 Å². The molecule has 0 aliphatic rings. The molecule has 0 bridgehead atoms. The number of rotatable bonds is 0. The summed E-state index contributed by atoms with van der Waals surface area (Å²) in [6, 6.07) is 0. The van der Waals surface area contributed by atoms with Crippen LogP contribution in [0.1, 0.15) is 0 Å². The van der Waals surface area contributed by atoms with Gasteiger partial charge >= 0.3 is 29.6 Å². The average molecular weight is 106 g/mol. The quantitative estimate of drug-likeness (QED) is 0.270. The second kappa shape index (κ2) is 53.8. The van der Waals surface area contributed by atoms with Crippen LogP contribution in [0, 0.1) is 0 Å². The molecular weight excluding hydrogens is 99.0 g/mol. The van der Waals surface area contributed by atoms with Crippen LogP contribution in [0.25, 0.3) is 0 Å². The van der Waals surface area contributed by atoms with E-state index in [2.05, 4.69) is 0 Å². The van der Waals surface area contributed by atoms with Gasteiger partial charge in [0, 0.05) is 0 Å². The van der Waals surface area contributed by atoms with Crippen molar-refractivity contribution in [3.8, 4) is 0 Å². The van der Waals surface area contributed by atoms with Crippen molar-refractivity contribution in [2.45, 2.75) is 0 Å². The molecule has 0 fully saturated rings. The zero-order valence-electron chi connectivity index (χ0n) is 2.43. The van der Waals surface area contributed by atoms with Gasteiger partial charge in [-0.1, -0.05) is 0 Å². The van der Waals surface area contributed by atoms with Gasteiger partial charge in [-0.2, -0.15) is 0 Å². The molecule has 6 heavy (non-hydrogen) atoms. The molecule has 0 aromatic carbocycles. The molecule has 0 saturated heterocycles. The summed E-state index contributed by atoms with van der Waals surface area (Å²) in [7, 11) is 0. The van der Waals surface area contributed by atoms with Crippen molar-refractivity contribution in [1.82, 2.24) is 0 Å². The first-order valence-electron chi connectivity index (χ1n) is 0.494. The number of hydrogen-bond acceptors (Lipinski definition) is 1. The average Bonchev–Trinajstić information content (AvgIpc) is 0.918. The fourth-order valence-corrected chi connectivity index (χ4v) is 0. The van der Waals surface area contributed by atoms with Gasteiger partial charge in [0.05, 0.1) is 0 Å². The molecule has 5 heteroatoms. The van der Waals surface area contributed by atoms with Crippen LogP contribution in [0.5, 0.6) is 0 Å². The van der Waals surface area contributed by atoms with E-state index in [1.165, 1.54) is 0 Å². The maximum atomic E-state index is 8.36. The summed E-state index contributed by atoms with van der Waals surface area (Å²) >= 11 is 0. The molecule has 5 N–H and O–H groups in total. The van der Waals surface area contributed by atoms with Gasteiger partial charge in [0.15, 0.2) is 0 Å². The standard InChI is InChI=1S/CH2O2.Na.2H2O.H/c2-1-3;;;;/h1H,(H,2,3);;2*1H2;. The molecule has 36 valence electrons. The van der Waals surface area contributed by atoms with Gasteiger partial charge in [-0.05, 0) is 0 Å². The first-order chi connectivity index (χ1) is 1.41. The van der Waals surface area contributed by atoms with Gasteiger partial charge in [0.2, 0.25) is 0 Å². The van der Waals surface area contributed by atoms with Crippen molar-refractivity contribution in [1.29, 1.82) is 0 Å². The van der Waals surface area contributed by atoms with Crippen LogP contribution in [0.15, 0.2) is 0 Å². The van der Waals surface area contributed by atoms with Crippen LogP contribution in [-0.2, 0) is 4.79 Å². The third-order valence-electron chi connectivity index (χ3n) is 0. The van der Waals surface area contributed by atoms with Crippen molar-refractivity contribution >= 4 is 36.0 Å². The summed E-state index contributed by atoms with van der Waals surface area (Å²) in [5.41, 5.74) is 0. The van der Waals surface area contributed by atoms with Gasteiger partial charge in [-0.25, -0.2) is 0 Å². The molecule has 0 aromatic rings. The molecule has 0 rings (SSSR count). The molecule has 0 atom stereocenters. The van der Waals surface area contributed by atoms with E-state index in [9.17, 15) is 0 Å². The third kappa shape index (κ3) is 332. The molecule has 0 saturated carbocycles. The molecule has 0 aliphatic heterocycles. The topological polar surface area (TPSA) is 100 Å². The van der Waals surface area contributed by atoms with E-state index in [1.54, 1.807) is 0 Å². The van der Waals surface area contributed by atoms with E-state index in [-0.39, 0.29) is 47.0 Å². The summed E-state index contributed by atoms with van der Waals surface area (Å²) in [4.78, 5) is 8.36. The Kier molecular flexibility index (Phi) is 291. The van der Waals surface area contributed by atoms with Gasteiger partial charge in [0.1, 0.15) is 0 Å². The predicted molar refractivity (Wildman–Crippen MR) is 23.1 cm³/mol. The second-order valence-corrected chi connectivity index (χ2v) is 0.105. The molecule has 0 amide bonds. The van der Waals surface area contributed by atoms with E-state index < -0.39 is 0 Å². The Balaban J connectivity index is -0.00000000667. The molecular formula is CH7NaO4. The SMILES string of the molecule is O.O.O=CO.[NaH]. The van der Waals surface area contributed by atoms with E-state index in [4.69, 9.17) is 9.90 Å². The van der Waals surface area contributed by atoms with Gasteiger partial charge in [-0.3, -0.25) is 4.79 Å². The molecule has 0 unspecified atom stereocenters. The first kappa shape index (κ1) is 32.5. The maximum absolute atomic E-state index is 8.36. The zero-order chi connectivity index (χ0) is 2.71. The minimum absolute atomic E-state index is 0. The van der Waals surface area contributed by atoms with Crippen molar-refractivity contribution in [3.05, 3.63) is 0 Å². The normalized spacial score (nSPS) is 2.00. The summed E-state index contributed by atoms with van der Waals surface area (Å²) in [5, 5.41) is 6.89. The Morgan fingerprint density at radius 2 is 1.33 bits per heavy atom. The fraction of sp³-hybridized carbons (Fsp3) is 0. The van der Waals surface area contributed by atoms with Crippen LogP contribution in [0.3, 0.4) is 0 Å². The van der Waals surface area contributed by atoms with Crippen molar-refractivity contribution in [3.63, 3.8) is 0 Å². The molecule has 0 spiro atoms. The van der Waals surface area contributed by atoms with Crippen LogP contribution >= 0.6 is 0 Å². The van der Waals surface area contributed by atoms with Crippen LogP contribution in [-0.4, -0.2) is 52.1 Å². The molecule has 0 heterocycles. The molecule has 0 aromatic heterocycles. The van der Waals surface area contributed by atoms with Crippen LogP contribution < -0.4 is 0 Å². The summed E-state index contributed by atoms with van der Waals surface area (Å²) in [6.45, 7) is -0.250. The number of carboxylic acid groups (broad SMARTS) is 1. The van der Waals surface area contributed by atoms with Crippen molar-refractivity contribution < 1.29 is 20.9 Å². The predicted octanol–water partition coefficient (Wildman–Crippen LogP) is -2.60.